The Hall–Kier alpha value is -0.0800. The molecule has 3 unspecified atom stereocenters. The van der Waals surface area contributed by atoms with Gasteiger partial charge in [-0.1, -0.05) is 0 Å². The Morgan fingerprint density at radius 2 is 1.83 bits per heavy atom. The van der Waals surface area contributed by atoms with Crippen molar-refractivity contribution >= 4 is 0 Å². The molecule has 2 heteroatoms. The Balaban J connectivity index is 2.60. The molecule has 0 aromatic heterocycles. The summed E-state index contributed by atoms with van der Waals surface area (Å²) >= 11 is 0. The summed E-state index contributed by atoms with van der Waals surface area (Å²) in [6.07, 6.45) is 0.759. The molecule has 0 aromatic carbocycles. The van der Waals surface area contributed by atoms with Gasteiger partial charge in [-0.15, -0.1) is 0 Å². The third-order valence-corrected chi connectivity index (χ3v) is 2.78. The van der Waals surface area contributed by atoms with Gasteiger partial charge in [-0.05, 0) is 34.6 Å². The highest BCUT2D eigenvalue weighted by atomic mass is 16.5. The van der Waals surface area contributed by atoms with Gasteiger partial charge in [-0.2, -0.15) is 0 Å². The Morgan fingerprint density at radius 3 is 2.33 bits per heavy atom. The van der Waals surface area contributed by atoms with E-state index < -0.39 is 0 Å². The summed E-state index contributed by atoms with van der Waals surface area (Å²) in [4.78, 5) is 2.51. The van der Waals surface area contributed by atoms with E-state index in [-0.39, 0.29) is 0 Å². The molecule has 0 aliphatic carbocycles. The van der Waals surface area contributed by atoms with Gasteiger partial charge < -0.3 is 4.74 Å². The van der Waals surface area contributed by atoms with Gasteiger partial charge >= 0.3 is 0 Å². The van der Waals surface area contributed by atoms with Gasteiger partial charge in [0.15, 0.2) is 0 Å². The molecular weight excluding hydrogens is 150 g/mol. The Kier molecular flexibility index (Phi) is 3.13. The number of ether oxygens (including phenoxy) is 1. The number of hydrogen-bond acceptors (Lipinski definition) is 2. The molecule has 3 atom stereocenters. The van der Waals surface area contributed by atoms with Crippen molar-refractivity contribution in [1.82, 2.24) is 4.90 Å². The molecule has 1 aliphatic rings. The van der Waals surface area contributed by atoms with E-state index in [1.807, 2.05) is 0 Å². The molecule has 0 aromatic rings. The maximum atomic E-state index is 5.74. The van der Waals surface area contributed by atoms with Crippen molar-refractivity contribution in [2.45, 2.75) is 58.9 Å². The predicted molar refractivity (Wildman–Crippen MR) is 51.3 cm³/mol. The molecule has 0 amide bonds. The minimum Gasteiger partial charge on any atom is -0.373 e. The van der Waals surface area contributed by atoms with E-state index in [0.29, 0.717) is 24.3 Å². The van der Waals surface area contributed by atoms with E-state index in [1.165, 1.54) is 0 Å². The average molecular weight is 171 g/mol. The van der Waals surface area contributed by atoms with E-state index in [4.69, 9.17) is 4.74 Å². The second-order valence-corrected chi connectivity index (χ2v) is 4.18. The van der Waals surface area contributed by atoms with Gasteiger partial charge in [0.25, 0.3) is 0 Å². The smallest absolute Gasteiger partial charge is 0.0703 e. The zero-order valence-electron chi connectivity index (χ0n) is 8.87. The molecule has 1 heterocycles. The van der Waals surface area contributed by atoms with E-state index in [0.717, 1.165) is 6.54 Å². The lowest BCUT2D eigenvalue weighted by atomic mass is 10.1. The van der Waals surface area contributed by atoms with Crippen LogP contribution in [0.4, 0.5) is 0 Å². The average Bonchev–Trinajstić information content (AvgIpc) is 1.96. The first-order valence-corrected chi connectivity index (χ1v) is 4.93. The van der Waals surface area contributed by atoms with Crippen molar-refractivity contribution in [2.24, 2.45) is 0 Å². The van der Waals surface area contributed by atoms with E-state index >= 15 is 0 Å². The maximum absolute atomic E-state index is 5.74. The topological polar surface area (TPSA) is 12.5 Å². The lowest BCUT2D eigenvalue weighted by Gasteiger charge is -2.43. The summed E-state index contributed by atoms with van der Waals surface area (Å²) < 4.78 is 5.74. The second kappa shape index (κ2) is 3.75. The standard InChI is InChI=1S/C10H21NO/c1-7(2)11-6-8(3)12-10(5)9(11)4/h7-10H,6H2,1-5H3. The van der Waals surface area contributed by atoms with Crippen LogP contribution in [0, 0.1) is 0 Å². The zero-order valence-corrected chi connectivity index (χ0v) is 8.87. The largest absolute Gasteiger partial charge is 0.373 e. The van der Waals surface area contributed by atoms with E-state index in [2.05, 4.69) is 39.5 Å². The van der Waals surface area contributed by atoms with Crippen LogP contribution in [-0.4, -0.2) is 35.7 Å². The monoisotopic (exact) mass is 171 g/mol. The van der Waals surface area contributed by atoms with Crippen LogP contribution >= 0.6 is 0 Å². The normalized spacial score (nSPS) is 39.0. The first kappa shape index (κ1) is 10.0. The summed E-state index contributed by atoms with van der Waals surface area (Å²) in [7, 11) is 0. The number of rotatable bonds is 1. The highest BCUT2D eigenvalue weighted by Gasteiger charge is 2.30. The fourth-order valence-electron chi connectivity index (χ4n) is 1.94. The van der Waals surface area contributed by atoms with Crippen molar-refractivity contribution < 1.29 is 4.74 Å². The number of nitrogens with zero attached hydrogens (tertiary/aromatic N) is 1. The third kappa shape index (κ3) is 1.99. The summed E-state index contributed by atoms with van der Waals surface area (Å²) in [5, 5.41) is 0. The van der Waals surface area contributed by atoms with Crippen LogP contribution in [0.3, 0.4) is 0 Å². The van der Waals surface area contributed by atoms with Crippen LogP contribution in [0.25, 0.3) is 0 Å². The van der Waals surface area contributed by atoms with Crippen molar-refractivity contribution in [3.63, 3.8) is 0 Å². The summed E-state index contributed by atoms with van der Waals surface area (Å²) in [5.41, 5.74) is 0. The quantitative estimate of drug-likeness (QED) is 0.597. The first-order valence-electron chi connectivity index (χ1n) is 4.93. The highest BCUT2D eigenvalue weighted by molar-refractivity contribution is 4.82. The van der Waals surface area contributed by atoms with Crippen LogP contribution < -0.4 is 0 Å². The lowest BCUT2D eigenvalue weighted by molar-refractivity contribution is -0.108. The van der Waals surface area contributed by atoms with E-state index in [9.17, 15) is 0 Å². The predicted octanol–water partition coefficient (Wildman–Crippen LogP) is 1.89. The SMILES string of the molecule is CC1CN(C(C)C)C(C)C(C)O1. The second-order valence-electron chi connectivity index (χ2n) is 4.18. The molecule has 72 valence electrons. The minimum atomic E-state index is 0.371. The molecule has 0 spiro atoms. The Labute approximate surface area is 75.9 Å². The molecule has 1 aliphatic heterocycles. The van der Waals surface area contributed by atoms with Gasteiger partial charge in [-0.25, -0.2) is 0 Å². The van der Waals surface area contributed by atoms with Crippen LogP contribution in [0.5, 0.6) is 0 Å². The highest BCUT2D eigenvalue weighted by Crippen LogP contribution is 2.19. The third-order valence-electron chi connectivity index (χ3n) is 2.78. The molecule has 0 bridgehead atoms. The molecule has 12 heavy (non-hydrogen) atoms. The number of hydrogen-bond donors (Lipinski definition) is 0. The van der Waals surface area contributed by atoms with E-state index in [1.54, 1.807) is 0 Å². The summed E-state index contributed by atoms with van der Waals surface area (Å²) in [6, 6.07) is 1.19. The van der Waals surface area contributed by atoms with Crippen LogP contribution in [0.2, 0.25) is 0 Å². The fraction of sp³-hybridized carbons (Fsp3) is 1.00. The van der Waals surface area contributed by atoms with Crippen molar-refractivity contribution in [3.05, 3.63) is 0 Å². The van der Waals surface area contributed by atoms with Crippen molar-refractivity contribution in [2.75, 3.05) is 6.54 Å². The lowest BCUT2D eigenvalue weighted by Crippen LogP contribution is -2.54. The molecule has 1 rings (SSSR count). The molecule has 0 radical (unpaired) electrons. The van der Waals surface area contributed by atoms with Crippen LogP contribution in [-0.2, 0) is 4.74 Å². The zero-order chi connectivity index (χ0) is 9.30. The van der Waals surface area contributed by atoms with Gasteiger partial charge in [0.2, 0.25) is 0 Å². The Morgan fingerprint density at radius 1 is 1.25 bits per heavy atom. The molecule has 1 fully saturated rings. The van der Waals surface area contributed by atoms with Crippen molar-refractivity contribution in [3.8, 4) is 0 Å². The first-order chi connectivity index (χ1) is 5.52. The summed E-state index contributed by atoms with van der Waals surface area (Å²) in [5.74, 6) is 0. The van der Waals surface area contributed by atoms with Gasteiger partial charge in [0.1, 0.15) is 0 Å². The van der Waals surface area contributed by atoms with Crippen LogP contribution in [0.15, 0.2) is 0 Å². The molecule has 2 nitrogen and oxygen atoms in total. The molecular formula is C10H21NO. The molecule has 0 N–H and O–H groups in total. The molecule has 0 saturated carbocycles. The van der Waals surface area contributed by atoms with Gasteiger partial charge in [0, 0.05) is 18.6 Å². The minimum absolute atomic E-state index is 0.371. The van der Waals surface area contributed by atoms with Gasteiger partial charge in [-0.3, -0.25) is 4.90 Å². The van der Waals surface area contributed by atoms with Crippen molar-refractivity contribution in [1.29, 1.82) is 0 Å². The fourth-order valence-corrected chi connectivity index (χ4v) is 1.94. The Bertz CT molecular complexity index is 147. The maximum Gasteiger partial charge on any atom is 0.0703 e. The number of morpholine rings is 1. The van der Waals surface area contributed by atoms with Gasteiger partial charge in [0.05, 0.1) is 12.2 Å². The molecule has 1 saturated heterocycles. The van der Waals surface area contributed by atoms with Crippen LogP contribution in [0.1, 0.15) is 34.6 Å². The summed E-state index contributed by atoms with van der Waals surface area (Å²) in [6.45, 7) is 12.1.